The molecule has 0 saturated heterocycles. The van der Waals surface area contributed by atoms with Gasteiger partial charge in [-0.05, 0) is 85.4 Å². The molecule has 3 rings (SSSR count). The third-order valence-electron chi connectivity index (χ3n) is 7.10. The van der Waals surface area contributed by atoms with Gasteiger partial charge in [-0.15, -0.1) is 0 Å². The Balaban J connectivity index is 1.81. The zero-order valence-corrected chi connectivity index (χ0v) is 22.4. The fourth-order valence-electron chi connectivity index (χ4n) is 4.89. The second kappa shape index (κ2) is 13.8. The zero-order valence-electron chi connectivity index (χ0n) is 21.5. The van der Waals surface area contributed by atoms with E-state index in [2.05, 4.69) is 5.32 Å². The van der Waals surface area contributed by atoms with Gasteiger partial charge in [-0.3, -0.25) is 4.79 Å². The number of nitrogens with one attached hydrogen (secondary N) is 1. The Morgan fingerprint density at radius 3 is 2.50 bits per heavy atom. The number of carboxylic acids is 1. The Kier molecular flexibility index (Phi) is 10.8. The largest absolute Gasteiger partial charge is 0.480 e. The Labute approximate surface area is 218 Å². The molecule has 0 spiro atoms. The van der Waals surface area contributed by atoms with E-state index in [1.807, 2.05) is 56.5 Å². The molecule has 3 N–H and O–H groups in total. The van der Waals surface area contributed by atoms with Crippen LogP contribution in [0.1, 0.15) is 66.9 Å². The number of ether oxygens (including phenoxy) is 1. The van der Waals surface area contributed by atoms with Gasteiger partial charge in [-0.1, -0.05) is 49.6 Å². The maximum Gasteiger partial charge on any atom is 0.326 e. The topological polar surface area (TPSA) is 95.9 Å². The first kappa shape index (κ1) is 28.2. The number of rotatable bonds is 12. The lowest BCUT2D eigenvalue weighted by Gasteiger charge is -2.30. The fourth-order valence-corrected chi connectivity index (χ4v) is 5.36. The van der Waals surface area contributed by atoms with Gasteiger partial charge in [0.1, 0.15) is 6.04 Å². The van der Waals surface area contributed by atoms with Crippen LogP contribution in [0.25, 0.3) is 11.1 Å². The van der Waals surface area contributed by atoms with Crippen LogP contribution >= 0.6 is 11.8 Å². The molecule has 2 aromatic rings. The van der Waals surface area contributed by atoms with Crippen molar-refractivity contribution >= 4 is 23.6 Å². The van der Waals surface area contributed by atoms with Crippen molar-refractivity contribution in [1.29, 1.82) is 0 Å². The van der Waals surface area contributed by atoms with Gasteiger partial charge in [0.05, 0.1) is 18.8 Å². The number of carbonyl (C=O) groups is 2. The number of carbonyl (C=O) groups excluding carboxylic acids is 1. The molecule has 196 valence electrons. The summed E-state index contributed by atoms with van der Waals surface area (Å²) in [5.41, 5.74) is 3.99. The third kappa shape index (κ3) is 7.58. The van der Waals surface area contributed by atoms with E-state index < -0.39 is 24.0 Å². The minimum atomic E-state index is -1.04. The molecular weight excluding hydrogens is 474 g/mol. The Bertz CT molecular complexity index is 1020. The van der Waals surface area contributed by atoms with E-state index in [-0.39, 0.29) is 12.0 Å². The lowest BCUT2D eigenvalue weighted by molar-refractivity contribution is -0.139. The molecule has 0 aliphatic heterocycles. The molecule has 2 aromatic carbocycles. The lowest BCUT2D eigenvalue weighted by Crippen LogP contribution is -2.41. The van der Waals surface area contributed by atoms with Gasteiger partial charge in [0.2, 0.25) is 0 Å². The maximum absolute atomic E-state index is 13.2. The van der Waals surface area contributed by atoms with Crippen LogP contribution in [0.5, 0.6) is 0 Å². The van der Waals surface area contributed by atoms with Crippen LogP contribution in [-0.4, -0.2) is 52.3 Å². The number of carboxylic acid groups (broad SMARTS) is 1. The molecule has 1 aliphatic rings. The van der Waals surface area contributed by atoms with Crippen LogP contribution in [0.2, 0.25) is 0 Å². The number of hydrogen-bond acceptors (Lipinski definition) is 5. The molecule has 36 heavy (non-hydrogen) atoms. The number of amides is 1. The summed E-state index contributed by atoms with van der Waals surface area (Å²) >= 11 is 1.55. The van der Waals surface area contributed by atoms with Crippen LogP contribution in [0.4, 0.5) is 0 Å². The van der Waals surface area contributed by atoms with E-state index in [1.54, 1.807) is 17.8 Å². The van der Waals surface area contributed by atoms with Crippen molar-refractivity contribution < 1.29 is 24.5 Å². The second-order valence-electron chi connectivity index (χ2n) is 9.75. The molecule has 1 saturated carbocycles. The van der Waals surface area contributed by atoms with E-state index in [4.69, 9.17) is 4.74 Å². The molecule has 0 heterocycles. The Morgan fingerprint density at radius 2 is 1.83 bits per heavy atom. The van der Waals surface area contributed by atoms with Gasteiger partial charge < -0.3 is 20.3 Å². The monoisotopic (exact) mass is 513 g/mol. The molecule has 1 amide bonds. The van der Waals surface area contributed by atoms with Crippen LogP contribution in [0.15, 0.2) is 42.5 Å². The highest BCUT2D eigenvalue weighted by Gasteiger charge is 2.27. The molecule has 7 heteroatoms. The van der Waals surface area contributed by atoms with Crippen molar-refractivity contribution in [3.8, 4) is 11.1 Å². The number of aliphatic hydroxyl groups is 1. The van der Waals surface area contributed by atoms with E-state index >= 15 is 0 Å². The molecular formula is C29H39NO5S. The molecule has 1 aliphatic carbocycles. The number of thioether (sulfide) groups is 1. The number of aliphatic hydroxyl groups excluding tert-OH is 1. The predicted octanol–water partition coefficient (Wildman–Crippen LogP) is 5.44. The van der Waals surface area contributed by atoms with Gasteiger partial charge in [0.15, 0.2) is 0 Å². The second-order valence-corrected chi connectivity index (χ2v) is 10.7. The van der Waals surface area contributed by atoms with Crippen LogP contribution in [-0.2, 0) is 16.1 Å². The summed E-state index contributed by atoms with van der Waals surface area (Å²) < 4.78 is 6.07. The van der Waals surface area contributed by atoms with E-state index in [1.165, 1.54) is 6.42 Å². The number of hydrogen-bond donors (Lipinski definition) is 3. The Hall–Kier alpha value is -2.35. The highest BCUT2D eigenvalue weighted by Crippen LogP contribution is 2.30. The van der Waals surface area contributed by atoms with Crippen molar-refractivity contribution in [2.75, 3.05) is 12.0 Å². The summed E-state index contributed by atoms with van der Waals surface area (Å²) in [5.74, 6) is -0.514. The van der Waals surface area contributed by atoms with Gasteiger partial charge >= 0.3 is 5.97 Å². The first-order chi connectivity index (χ1) is 17.3. The van der Waals surface area contributed by atoms with Crippen molar-refractivity contribution in [3.63, 3.8) is 0 Å². The van der Waals surface area contributed by atoms with Crippen molar-refractivity contribution in [3.05, 3.63) is 59.2 Å². The molecule has 0 bridgehead atoms. The van der Waals surface area contributed by atoms with Gasteiger partial charge in [0.25, 0.3) is 5.91 Å². The average molecular weight is 514 g/mol. The van der Waals surface area contributed by atoms with Crippen LogP contribution < -0.4 is 5.32 Å². The van der Waals surface area contributed by atoms with E-state index in [0.717, 1.165) is 47.9 Å². The highest BCUT2D eigenvalue weighted by atomic mass is 32.2. The van der Waals surface area contributed by atoms with E-state index in [0.29, 0.717) is 24.3 Å². The summed E-state index contributed by atoms with van der Waals surface area (Å²) in [5, 5.41) is 23.0. The van der Waals surface area contributed by atoms with Crippen LogP contribution in [0.3, 0.4) is 0 Å². The molecule has 3 atom stereocenters. The lowest BCUT2D eigenvalue weighted by atomic mass is 9.83. The Morgan fingerprint density at radius 1 is 1.11 bits per heavy atom. The first-order valence-electron chi connectivity index (χ1n) is 12.8. The molecule has 2 unspecified atom stereocenters. The van der Waals surface area contributed by atoms with E-state index in [9.17, 15) is 19.8 Å². The standard InChI is InChI=1S/C29H39NO5S/c1-19-9-7-8-12-23(19)25-17-21(18-35-20(2)27(31)22-10-5-4-6-11-22)13-14-24(25)28(32)30-26(29(33)34)15-16-36-3/h7-9,12-14,17,20,22,26-27,31H,4-6,10-11,15-16,18H2,1-3H3,(H,30,32)(H,33,34)/t20?,26-,27?/m0/s1. The average Bonchev–Trinajstić information content (AvgIpc) is 2.89. The summed E-state index contributed by atoms with van der Waals surface area (Å²) in [7, 11) is 0. The number of aliphatic carboxylic acids is 1. The van der Waals surface area contributed by atoms with Crippen LogP contribution in [0, 0.1) is 12.8 Å². The zero-order chi connectivity index (χ0) is 26.1. The van der Waals surface area contributed by atoms with Gasteiger partial charge in [-0.25, -0.2) is 4.79 Å². The highest BCUT2D eigenvalue weighted by molar-refractivity contribution is 7.98. The first-order valence-corrected chi connectivity index (χ1v) is 14.2. The molecule has 6 nitrogen and oxygen atoms in total. The summed E-state index contributed by atoms with van der Waals surface area (Å²) in [6.45, 7) is 4.22. The maximum atomic E-state index is 13.2. The molecule has 0 radical (unpaired) electrons. The van der Waals surface area contributed by atoms with Gasteiger partial charge in [0, 0.05) is 5.56 Å². The fraction of sp³-hybridized carbons (Fsp3) is 0.517. The SMILES string of the molecule is CSCC[C@H](NC(=O)c1ccc(COC(C)C(O)C2CCCCC2)cc1-c1ccccc1C)C(=O)O. The molecule has 0 aromatic heterocycles. The predicted molar refractivity (Wildman–Crippen MR) is 145 cm³/mol. The summed E-state index contributed by atoms with van der Waals surface area (Å²) in [4.78, 5) is 24.9. The molecule has 1 fully saturated rings. The summed E-state index contributed by atoms with van der Waals surface area (Å²) in [6.07, 6.45) is 7.16. The normalized spacial score (nSPS) is 16.8. The summed E-state index contributed by atoms with van der Waals surface area (Å²) in [6, 6.07) is 12.4. The number of aryl methyl sites for hydroxylation is 1. The van der Waals surface area contributed by atoms with Crippen molar-refractivity contribution in [1.82, 2.24) is 5.32 Å². The smallest absolute Gasteiger partial charge is 0.326 e. The third-order valence-corrected chi connectivity index (χ3v) is 7.75. The number of benzene rings is 2. The quantitative estimate of drug-likeness (QED) is 0.350. The minimum absolute atomic E-state index is 0.286. The van der Waals surface area contributed by atoms with Crippen molar-refractivity contribution in [2.24, 2.45) is 5.92 Å². The van der Waals surface area contributed by atoms with Gasteiger partial charge in [-0.2, -0.15) is 11.8 Å². The van der Waals surface area contributed by atoms with Crippen molar-refractivity contribution in [2.45, 2.75) is 77.2 Å². The minimum Gasteiger partial charge on any atom is -0.480 e.